The van der Waals surface area contributed by atoms with Gasteiger partial charge in [-0.25, -0.2) is 12.8 Å². The van der Waals surface area contributed by atoms with Crippen molar-refractivity contribution in [2.24, 2.45) is 0 Å². The van der Waals surface area contributed by atoms with Gasteiger partial charge in [0.1, 0.15) is 22.2 Å². The molecule has 0 bridgehead atoms. The first kappa shape index (κ1) is 17.9. The lowest BCUT2D eigenvalue weighted by molar-refractivity contribution is 0.392. The second-order valence-electron chi connectivity index (χ2n) is 5.18. The molecule has 0 aromatic heterocycles. The summed E-state index contributed by atoms with van der Waals surface area (Å²) in [6.45, 7) is 0. The fourth-order valence-corrected chi connectivity index (χ4v) is 3.42. The molecule has 0 unspecified atom stereocenters. The number of sulfonamides is 1. The van der Waals surface area contributed by atoms with Crippen molar-refractivity contribution in [3.63, 3.8) is 0 Å². The third kappa shape index (κ3) is 3.70. The monoisotopic (exact) mass is 354 g/mol. The molecule has 0 amide bonds. The van der Waals surface area contributed by atoms with Crippen LogP contribution in [0, 0.1) is 5.82 Å². The van der Waals surface area contributed by atoms with Gasteiger partial charge in [-0.2, -0.15) is 0 Å². The van der Waals surface area contributed by atoms with E-state index in [9.17, 15) is 12.8 Å². The predicted molar refractivity (Wildman–Crippen MR) is 91.1 cm³/mol. The summed E-state index contributed by atoms with van der Waals surface area (Å²) in [5, 5.41) is 0. The molecule has 0 saturated carbocycles. The molecule has 0 heterocycles. The van der Waals surface area contributed by atoms with Crippen LogP contribution >= 0.6 is 0 Å². The summed E-state index contributed by atoms with van der Waals surface area (Å²) in [5.41, 5.74) is 0.659. The van der Waals surface area contributed by atoms with Gasteiger partial charge < -0.3 is 14.4 Å². The summed E-state index contributed by atoms with van der Waals surface area (Å²) < 4.78 is 51.6. The van der Waals surface area contributed by atoms with Gasteiger partial charge in [0.05, 0.1) is 25.6 Å². The number of methoxy groups -OCH3 is 2. The van der Waals surface area contributed by atoms with E-state index in [0.29, 0.717) is 11.4 Å². The Labute approximate surface area is 140 Å². The van der Waals surface area contributed by atoms with E-state index in [4.69, 9.17) is 9.47 Å². The van der Waals surface area contributed by atoms with Gasteiger partial charge in [-0.15, -0.1) is 0 Å². The third-order valence-corrected chi connectivity index (χ3v) is 4.73. The fourth-order valence-electron chi connectivity index (χ4n) is 2.17. The van der Waals surface area contributed by atoms with E-state index in [-0.39, 0.29) is 16.3 Å². The van der Waals surface area contributed by atoms with Crippen molar-refractivity contribution < 1.29 is 22.3 Å². The van der Waals surface area contributed by atoms with Crippen molar-refractivity contribution >= 4 is 21.4 Å². The molecule has 0 aliphatic heterocycles. The first-order valence-electron chi connectivity index (χ1n) is 7.00. The molecule has 0 atom stereocenters. The Morgan fingerprint density at radius 1 is 1.04 bits per heavy atom. The maximum atomic E-state index is 13.6. The van der Waals surface area contributed by atoms with Crippen LogP contribution in [0.2, 0.25) is 0 Å². The molecule has 2 aromatic carbocycles. The van der Waals surface area contributed by atoms with E-state index in [2.05, 4.69) is 4.72 Å². The number of halogens is 1. The van der Waals surface area contributed by atoms with Crippen LogP contribution in [0.25, 0.3) is 0 Å². The molecule has 2 rings (SSSR count). The summed E-state index contributed by atoms with van der Waals surface area (Å²) >= 11 is 0. The standard InChI is InChI=1S/C16H19FN2O4S/c1-19(2)14-7-5-11(17)9-13(14)18-24(20,21)16-10-12(22-3)6-8-15(16)23-4/h5-10,18H,1-4H3. The minimum atomic E-state index is -4.01. The van der Waals surface area contributed by atoms with Gasteiger partial charge in [0, 0.05) is 26.2 Å². The molecule has 0 radical (unpaired) electrons. The number of nitrogens with zero attached hydrogens (tertiary/aromatic N) is 1. The molecule has 0 aliphatic rings. The number of benzene rings is 2. The average molecular weight is 354 g/mol. The van der Waals surface area contributed by atoms with Gasteiger partial charge in [0.25, 0.3) is 10.0 Å². The maximum absolute atomic E-state index is 13.6. The highest BCUT2D eigenvalue weighted by atomic mass is 32.2. The van der Waals surface area contributed by atoms with Crippen LogP contribution < -0.4 is 19.1 Å². The van der Waals surface area contributed by atoms with Crippen LogP contribution in [0.1, 0.15) is 0 Å². The zero-order chi connectivity index (χ0) is 17.9. The predicted octanol–water partition coefficient (Wildman–Crippen LogP) is 2.71. The fraction of sp³-hybridized carbons (Fsp3) is 0.250. The number of anilines is 2. The Kier molecular flexibility index (Phi) is 5.18. The topological polar surface area (TPSA) is 67.9 Å². The lowest BCUT2D eigenvalue weighted by atomic mass is 10.2. The minimum absolute atomic E-state index is 0.0988. The zero-order valence-corrected chi connectivity index (χ0v) is 14.6. The number of ether oxygens (including phenoxy) is 2. The highest BCUT2D eigenvalue weighted by Gasteiger charge is 2.22. The Morgan fingerprint density at radius 2 is 1.75 bits per heavy atom. The van der Waals surface area contributed by atoms with Crippen molar-refractivity contribution in [1.82, 2.24) is 0 Å². The van der Waals surface area contributed by atoms with E-state index < -0.39 is 15.8 Å². The number of hydrogen-bond donors (Lipinski definition) is 1. The third-order valence-electron chi connectivity index (χ3n) is 3.35. The Hall–Kier alpha value is -2.48. The van der Waals surface area contributed by atoms with E-state index in [1.165, 1.54) is 38.5 Å². The Balaban J connectivity index is 2.52. The highest BCUT2D eigenvalue weighted by Crippen LogP contribution is 2.32. The van der Waals surface area contributed by atoms with Crippen molar-refractivity contribution in [2.75, 3.05) is 37.9 Å². The van der Waals surface area contributed by atoms with E-state index in [1.807, 2.05) is 0 Å². The van der Waals surface area contributed by atoms with E-state index in [0.717, 1.165) is 6.07 Å². The lowest BCUT2D eigenvalue weighted by Crippen LogP contribution is -2.18. The van der Waals surface area contributed by atoms with Crippen LogP contribution in [-0.4, -0.2) is 36.7 Å². The molecule has 0 spiro atoms. The van der Waals surface area contributed by atoms with Crippen LogP contribution in [-0.2, 0) is 10.0 Å². The van der Waals surface area contributed by atoms with Gasteiger partial charge in [0.15, 0.2) is 0 Å². The number of nitrogens with one attached hydrogen (secondary N) is 1. The molecule has 130 valence electrons. The molecule has 1 N–H and O–H groups in total. The van der Waals surface area contributed by atoms with Crippen LogP contribution in [0.4, 0.5) is 15.8 Å². The normalized spacial score (nSPS) is 11.0. The molecule has 0 fully saturated rings. The number of rotatable bonds is 6. The van der Waals surface area contributed by atoms with Gasteiger partial charge in [-0.1, -0.05) is 0 Å². The molecular formula is C16H19FN2O4S. The molecule has 6 nitrogen and oxygen atoms in total. The molecule has 0 aliphatic carbocycles. The number of hydrogen-bond acceptors (Lipinski definition) is 5. The zero-order valence-electron chi connectivity index (χ0n) is 13.8. The summed E-state index contributed by atoms with van der Waals surface area (Å²) in [7, 11) is 2.26. The average Bonchev–Trinajstić information content (AvgIpc) is 2.53. The highest BCUT2D eigenvalue weighted by molar-refractivity contribution is 7.92. The largest absolute Gasteiger partial charge is 0.497 e. The smallest absolute Gasteiger partial charge is 0.265 e. The molecule has 2 aromatic rings. The van der Waals surface area contributed by atoms with Gasteiger partial charge in [-0.3, -0.25) is 4.72 Å². The molecular weight excluding hydrogens is 335 g/mol. The van der Waals surface area contributed by atoms with E-state index >= 15 is 0 Å². The Morgan fingerprint density at radius 3 is 2.33 bits per heavy atom. The summed E-state index contributed by atoms with van der Waals surface area (Å²) in [4.78, 5) is 1.58. The van der Waals surface area contributed by atoms with E-state index in [1.54, 1.807) is 25.1 Å². The molecule has 24 heavy (non-hydrogen) atoms. The van der Waals surface area contributed by atoms with Gasteiger partial charge >= 0.3 is 0 Å². The van der Waals surface area contributed by atoms with Crippen molar-refractivity contribution in [2.45, 2.75) is 4.90 Å². The van der Waals surface area contributed by atoms with Crippen LogP contribution in [0.5, 0.6) is 11.5 Å². The molecule has 0 saturated heterocycles. The first-order chi connectivity index (χ1) is 11.3. The van der Waals surface area contributed by atoms with Gasteiger partial charge in [0.2, 0.25) is 0 Å². The van der Waals surface area contributed by atoms with Crippen molar-refractivity contribution in [1.29, 1.82) is 0 Å². The first-order valence-corrected chi connectivity index (χ1v) is 8.48. The second-order valence-corrected chi connectivity index (χ2v) is 6.83. The quantitative estimate of drug-likeness (QED) is 0.864. The maximum Gasteiger partial charge on any atom is 0.265 e. The lowest BCUT2D eigenvalue weighted by Gasteiger charge is -2.19. The molecule has 8 heteroatoms. The van der Waals surface area contributed by atoms with Crippen molar-refractivity contribution in [3.05, 3.63) is 42.2 Å². The van der Waals surface area contributed by atoms with Crippen molar-refractivity contribution in [3.8, 4) is 11.5 Å². The summed E-state index contributed by atoms with van der Waals surface area (Å²) in [6, 6.07) is 8.31. The van der Waals surface area contributed by atoms with Gasteiger partial charge in [-0.05, 0) is 24.3 Å². The Bertz CT molecular complexity index is 838. The summed E-state index contributed by atoms with van der Waals surface area (Å²) in [6.07, 6.45) is 0. The SMILES string of the molecule is COc1ccc(OC)c(S(=O)(=O)Nc2cc(F)ccc2N(C)C)c1. The summed E-state index contributed by atoms with van der Waals surface area (Å²) in [5.74, 6) is -0.0229. The van der Waals surface area contributed by atoms with Crippen LogP contribution in [0.3, 0.4) is 0 Å². The minimum Gasteiger partial charge on any atom is -0.497 e. The second kappa shape index (κ2) is 6.96. The van der Waals surface area contributed by atoms with Crippen LogP contribution in [0.15, 0.2) is 41.3 Å².